The zero-order valence-electron chi connectivity index (χ0n) is 7.95. The fourth-order valence-electron chi connectivity index (χ4n) is 1.37. The molecule has 0 radical (unpaired) electrons. The van der Waals surface area contributed by atoms with Gasteiger partial charge >= 0.3 is 90.2 Å². The van der Waals surface area contributed by atoms with Crippen LogP contribution in [0.4, 0.5) is 0 Å². The van der Waals surface area contributed by atoms with Gasteiger partial charge in [-0.2, -0.15) is 0 Å². The van der Waals surface area contributed by atoms with Crippen molar-refractivity contribution in [2.45, 2.75) is 13.8 Å². The van der Waals surface area contributed by atoms with Crippen LogP contribution in [0.1, 0.15) is 13.8 Å². The van der Waals surface area contributed by atoms with Crippen LogP contribution in [0.5, 0.6) is 0 Å². The van der Waals surface area contributed by atoms with Crippen LogP contribution in [0.15, 0.2) is 39.4 Å². The quantitative estimate of drug-likeness (QED) is 0.718. The predicted octanol–water partition coefficient (Wildman–Crippen LogP) is 2.51. The first-order valence-corrected chi connectivity index (χ1v) is 11.1. The van der Waals surface area contributed by atoms with Gasteiger partial charge in [-0.25, -0.2) is 0 Å². The molecule has 0 atom stereocenters. The second-order valence-electron chi connectivity index (χ2n) is 3.27. The van der Waals surface area contributed by atoms with Crippen molar-refractivity contribution in [2.75, 3.05) is 5.75 Å². The zero-order valence-corrected chi connectivity index (χ0v) is 11.3. The summed E-state index contributed by atoms with van der Waals surface area (Å²) in [6.07, 6.45) is 0. The number of benzene rings is 1. The molecular weight excluding hydrogens is 286 g/mol. The van der Waals surface area contributed by atoms with E-state index in [9.17, 15) is 0 Å². The van der Waals surface area contributed by atoms with Crippen molar-refractivity contribution in [3.8, 4) is 0 Å². The Balaban J connectivity index is 2.30. The predicted molar refractivity (Wildman–Crippen MR) is 62.7 cm³/mol. The van der Waals surface area contributed by atoms with Crippen molar-refractivity contribution in [1.29, 1.82) is 0 Å². The van der Waals surface area contributed by atoms with Crippen molar-refractivity contribution < 1.29 is 0 Å². The summed E-state index contributed by atoms with van der Waals surface area (Å²) >= 11 is -1.25. The zero-order chi connectivity index (χ0) is 9.26. The van der Waals surface area contributed by atoms with Crippen LogP contribution in [0.3, 0.4) is 0 Å². The van der Waals surface area contributed by atoms with Crippen LogP contribution in [0.25, 0.3) is 0 Å². The Morgan fingerprint density at radius 1 is 1.15 bits per heavy atom. The van der Waals surface area contributed by atoms with E-state index in [1.165, 1.54) is 5.75 Å². The van der Waals surface area contributed by atoms with E-state index in [-0.39, 0.29) is 0 Å². The third-order valence-electron chi connectivity index (χ3n) is 2.32. The molecule has 1 heterocycles. The first-order chi connectivity index (χ1) is 6.29. The molecule has 1 aliphatic rings. The standard InChI is InChI=1S/C6H5.C5H9S.Sb/c1-2-4-6-5-3-1;1-3-5(2)4-6;/h1-5H;6H,4H2,1-2H3;/q;;+1/p-1. The van der Waals surface area contributed by atoms with Crippen LogP contribution in [-0.4, -0.2) is 24.6 Å². The fraction of sp³-hybridized carbons (Fsp3) is 0.273. The molecule has 0 saturated carbocycles. The van der Waals surface area contributed by atoms with E-state index in [2.05, 4.69) is 53.0 Å². The molecule has 0 amide bonds. The molecule has 1 aromatic carbocycles. The average Bonchev–Trinajstić information content (AvgIpc) is 2.49. The molecule has 0 aromatic heterocycles. The van der Waals surface area contributed by atoms with Crippen LogP contribution < -0.4 is 3.51 Å². The van der Waals surface area contributed by atoms with Gasteiger partial charge in [0, 0.05) is 0 Å². The fourth-order valence-corrected chi connectivity index (χ4v) is 13.7. The van der Waals surface area contributed by atoms with Crippen molar-refractivity contribution in [1.82, 2.24) is 0 Å². The first kappa shape index (κ1) is 9.67. The number of hydrogen-bond donors (Lipinski definition) is 0. The third kappa shape index (κ3) is 1.97. The van der Waals surface area contributed by atoms with Crippen LogP contribution in [-0.2, 0) is 0 Å². The molecule has 0 spiro atoms. The normalized spacial score (nSPS) is 18.3. The van der Waals surface area contributed by atoms with Gasteiger partial charge in [0.2, 0.25) is 0 Å². The Kier molecular flexibility index (Phi) is 3.05. The summed E-state index contributed by atoms with van der Waals surface area (Å²) < 4.78 is 3.36. The molecular formula is C11H13SSb. The van der Waals surface area contributed by atoms with E-state index in [1.54, 1.807) is 12.6 Å². The molecule has 0 aliphatic carbocycles. The summed E-state index contributed by atoms with van der Waals surface area (Å²) in [6, 6.07) is 11.1. The van der Waals surface area contributed by atoms with Crippen molar-refractivity contribution in [3.63, 3.8) is 0 Å². The van der Waals surface area contributed by atoms with Gasteiger partial charge in [0.1, 0.15) is 0 Å². The molecule has 0 bridgehead atoms. The van der Waals surface area contributed by atoms with E-state index in [0.29, 0.717) is 0 Å². The van der Waals surface area contributed by atoms with Crippen LogP contribution in [0.2, 0.25) is 0 Å². The molecule has 0 nitrogen and oxygen atoms in total. The Morgan fingerprint density at radius 2 is 1.85 bits per heavy atom. The first-order valence-electron chi connectivity index (χ1n) is 4.43. The summed E-state index contributed by atoms with van der Waals surface area (Å²) in [5.41, 5.74) is 1.64. The van der Waals surface area contributed by atoms with E-state index >= 15 is 0 Å². The molecule has 0 unspecified atom stereocenters. The van der Waals surface area contributed by atoms with Gasteiger partial charge in [-0.15, -0.1) is 0 Å². The monoisotopic (exact) mass is 298 g/mol. The Bertz CT molecular complexity index is 329. The summed E-state index contributed by atoms with van der Waals surface area (Å²) in [4.78, 5) is 0. The molecule has 2 rings (SSSR count). The topological polar surface area (TPSA) is 0 Å². The van der Waals surface area contributed by atoms with Crippen molar-refractivity contribution in [2.24, 2.45) is 0 Å². The van der Waals surface area contributed by atoms with E-state index in [0.717, 1.165) is 0 Å². The van der Waals surface area contributed by atoms with Crippen molar-refractivity contribution in [3.05, 3.63) is 39.4 Å². The molecule has 68 valence electrons. The van der Waals surface area contributed by atoms with Crippen LogP contribution >= 0.6 is 8.85 Å². The second kappa shape index (κ2) is 4.10. The third-order valence-corrected chi connectivity index (χ3v) is 14.7. The Hall–Kier alpha value is 0.128. The minimum atomic E-state index is -1.25. The number of hydrogen-bond acceptors (Lipinski definition) is 1. The Labute approximate surface area is 89.8 Å². The number of allylic oxidation sites excluding steroid dienone is 1. The van der Waals surface area contributed by atoms with E-state index < -0.39 is 18.8 Å². The molecule has 1 aliphatic heterocycles. The van der Waals surface area contributed by atoms with Crippen LogP contribution in [0, 0.1) is 0 Å². The van der Waals surface area contributed by atoms with Gasteiger partial charge in [0.05, 0.1) is 0 Å². The molecule has 0 saturated heterocycles. The van der Waals surface area contributed by atoms with Crippen molar-refractivity contribution >= 4 is 31.2 Å². The molecule has 2 heteroatoms. The van der Waals surface area contributed by atoms with Gasteiger partial charge in [-0.05, 0) is 0 Å². The Morgan fingerprint density at radius 3 is 2.38 bits per heavy atom. The second-order valence-corrected chi connectivity index (χ2v) is 13.5. The minimum absolute atomic E-state index is 1.25. The molecule has 1 aromatic rings. The molecule has 13 heavy (non-hydrogen) atoms. The van der Waals surface area contributed by atoms with Gasteiger partial charge in [-0.1, -0.05) is 0 Å². The summed E-state index contributed by atoms with van der Waals surface area (Å²) in [5, 5.41) is 0. The number of rotatable bonds is 1. The summed E-state index contributed by atoms with van der Waals surface area (Å²) in [7, 11) is 2.22. The van der Waals surface area contributed by atoms with E-state index in [4.69, 9.17) is 0 Å². The summed E-state index contributed by atoms with van der Waals surface area (Å²) in [5.74, 6) is 1.28. The van der Waals surface area contributed by atoms with Gasteiger partial charge in [0.25, 0.3) is 0 Å². The van der Waals surface area contributed by atoms with Gasteiger partial charge < -0.3 is 0 Å². The van der Waals surface area contributed by atoms with Gasteiger partial charge in [-0.3, -0.25) is 0 Å². The summed E-state index contributed by atoms with van der Waals surface area (Å²) in [6.45, 7) is 4.63. The average molecular weight is 299 g/mol. The van der Waals surface area contributed by atoms with E-state index in [1.807, 2.05) is 0 Å². The maximum absolute atomic E-state index is 2.34. The van der Waals surface area contributed by atoms with Gasteiger partial charge in [0.15, 0.2) is 0 Å². The molecule has 0 fully saturated rings. The SMILES string of the molecule is CC1=[C](C)[Sb]([c]2ccccc2)[S]C1. The maximum atomic E-state index is 2.34. The molecule has 0 N–H and O–H groups in total.